The Morgan fingerprint density at radius 3 is 3.00 bits per heavy atom. The van der Waals surface area contributed by atoms with Gasteiger partial charge in [0.1, 0.15) is 5.75 Å². The van der Waals surface area contributed by atoms with Crippen molar-refractivity contribution >= 4 is 12.6 Å². The second-order valence-electron chi connectivity index (χ2n) is 3.67. The van der Waals surface area contributed by atoms with Crippen LogP contribution in [0, 0.1) is 0 Å². The van der Waals surface area contributed by atoms with Crippen LogP contribution in [-0.4, -0.2) is 25.6 Å². The molecule has 0 N–H and O–H groups in total. The third kappa shape index (κ3) is 1.62. The third-order valence-corrected chi connectivity index (χ3v) is 3.45. The van der Waals surface area contributed by atoms with Gasteiger partial charge in [-0.05, 0) is 36.7 Å². The number of fused-ring (bicyclic) bond motifs is 1. The van der Waals surface area contributed by atoms with Gasteiger partial charge in [0.2, 0.25) is 0 Å². The molecule has 0 bridgehead atoms. The second kappa shape index (κ2) is 3.83. The number of ether oxygens (including phenoxy) is 1. The average molecular weight is 209 g/mol. The SMILES string of the molecule is COc1ccc2c(c1)C(S)N(C)CC2. The van der Waals surface area contributed by atoms with E-state index in [0.717, 1.165) is 18.7 Å². The van der Waals surface area contributed by atoms with Gasteiger partial charge < -0.3 is 4.74 Å². The lowest BCUT2D eigenvalue weighted by molar-refractivity contribution is 0.304. The van der Waals surface area contributed by atoms with Crippen LogP contribution in [0.5, 0.6) is 5.75 Å². The fourth-order valence-electron chi connectivity index (χ4n) is 1.82. The van der Waals surface area contributed by atoms with E-state index < -0.39 is 0 Å². The lowest BCUT2D eigenvalue weighted by Gasteiger charge is -2.31. The molecule has 2 nitrogen and oxygen atoms in total. The Hall–Kier alpha value is -0.670. The van der Waals surface area contributed by atoms with Crippen LogP contribution in [-0.2, 0) is 6.42 Å². The Labute approximate surface area is 90.3 Å². The van der Waals surface area contributed by atoms with Gasteiger partial charge in [-0.25, -0.2) is 0 Å². The van der Waals surface area contributed by atoms with Gasteiger partial charge in [-0.1, -0.05) is 6.07 Å². The molecule has 0 fully saturated rings. The number of likely N-dealkylation sites (N-methyl/N-ethyl adjacent to an activating group) is 1. The summed E-state index contributed by atoms with van der Waals surface area (Å²) in [6.07, 6.45) is 1.10. The van der Waals surface area contributed by atoms with Gasteiger partial charge in [-0.15, -0.1) is 0 Å². The van der Waals surface area contributed by atoms with Gasteiger partial charge in [-0.2, -0.15) is 12.6 Å². The predicted octanol–water partition coefficient (Wildman–Crippen LogP) is 2.11. The highest BCUT2D eigenvalue weighted by molar-refractivity contribution is 7.80. The number of nitrogens with zero attached hydrogens (tertiary/aromatic N) is 1. The number of hydrogen-bond acceptors (Lipinski definition) is 3. The van der Waals surface area contributed by atoms with E-state index in [4.69, 9.17) is 4.74 Å². The highest BCUT2D eigenvalue weighted by Gasteiger charge is 2.21. The number of hydrogen-bond donors (Lipinski definition) is 1. The van der Waals surface area contributed by atoms with Crippen molar-refractivity contribution in [3.8, 4) is 5.75 Å². The van der Waals surface area contributed by atoms with Crippen LogP contribution in [0.25, 0.3) is 0 Å². The first kappa shape index (κ1) is 9.87. The van der Waals surface area contributed by atoms with Crippen molar-refractivity contribution in [3.05, 3.63) is 29.3 Å². The molecule has 0 saturated heterocycles. The van der Waals surface area contributed by atoms with E-state index in [9.17, 15) is 0 Å². The first-order valence-electron chi connectivity index (χ1n) is 4.77. The maximum absolute atomic E-state index is 5.21. The minimum absolute atomic E-state index is 0.203. The lowest BCUT2D eigenvalue weighted by atomic mass is 9.99. The van der Waals surface area contributed by atoms with Crippen molar-refractivity contribution in [3.63, 3.8) is 0 Å². The number of benzene rings is 1. The molecule has 0 spiro atoms. The molecule has 0 aromatic heterocycles. The standard InChI is InChI=1S/C11H15NOS/c1-12-6-5-8-3-4-9(13-2)7-10(8)11(12)14/h3-4,7,11,14H,5-6H2,1-2H3. The van der Waals surface area contributed by atoms with Gasteiger partial charge in [0.05, 0.1) is 12.5 Å². The Morgan fingerprint density at radius 1 is 1.50 bits per heavy atom. The van der Waals surface area contributed by atoms with Crippen LogP contribution in [0.3, 0.4) is 0 Å². The molecule has 1 aliphatic rings. The fourth-order valence-corrected chi connectivity index (χ4v) is 2.18. The fraction of sp³-hybridized carbons (Fsp3) is 0.455. The maximum Gasteiger partial charge on any atom is 0.119 e. The first-order valence-corrected chi connectivity index (χ1v) is 5.29. The van der Waals surface area contributed by atoms with E-state index >= 15 is 0 Å². The zero-order valence-electron chi connectivity index (χ0n) is 8.53. The third-order valence-electron chi connectivity index (χ3n) is 2.78. The van der Waals surface area contributed by atoms with Gasteiger partial charge in [0.15, 0.2) is 0 Å². The Balaban J connectivity index is 2.41. The molecular weight excluding hydrogens is 194 g/mol. The zero-order chi connectivity index (χ0) is 10.1. The van der Waals surface area contributed by atoms with Crippen molar-refractivity contribution in [1.29, 1.82) is 0 Å². The van der Waals surface area contributed by atoms with Gasteiger partial charge >= 0.3 is 0 Å². The molecule has 0 saturated carbocycles. The number of rotatable bonds is 1. The summed E-state index contributed by atoms with van der Waals surface area (Å²) in [7, 11) is 3.79. The summed E-state index contributed by atoms with van der Waals surface area (Å²) in [5.74, 6) is 0.915. The quantitative estimate of drug-likeness (QED) is 0.711. The van der Waals surface area contributed by atoms with Gasteiger partial charge in [0, 0.05) is 6.54 Å². The molecule has 1 aliphatic heterocycles. The number of thiol groups is 1. The summed E-state index contributed by atoms with van der Waals surface area (Å²) in [6, 6.07) is 6.25. The minimum Gasteiger partial charge on any atom is -0.497 e. The molecule has 0 radical (unpaired) electrons. The zero-order valence-corrected chi connectivity index (χ0v) is 9.42. The highest BCUT2D eigenvalue weighted by Crippen LogP contribution is 2.33. The van der Waals surface area contributed by atoms with Crippen LogP contribution < -0.4 is 4.74 Å². The Bertz CT molecular complexity index is 340. The first-order chi connectivity index (χ1) is 6.72. The largest absolute Gasteiger partial charge is 0.497 e. The molecule has 76 valence electrons. The summed E-state index contributed by atoms with van der Waals surface area (Å²) in [4.78, 5) is 2.24. The van der Waals surface area contributed by atoms with Crippen LogP contribution in [0.1, 0.15) is 16.5 Å². The van der Waals surface area contributed by atoms with Crippen molar-refractivity contribution < 1.29 is 4.74 Å². The van der Waals surface area contributed by atoms with Crippen LogP contribution in [0.15, 0.2) is 18.2 Å². The van der Waals surface area contributed by atoms with Crippen molar-refractivity contribution in [2.45, 2.75) is 11.8 Å². The molecule has 1 aromatic rings. The predicted molar refractivity (Wildman–Crippen MR) is 61.1 cm³/mol. The van der Waals surface area contributed by atoms with E-state index in [1.807, 2.05) is 6.07 Å². The van der Waals surface area contributed by atoms with Crippen molar-refractivity contribution in [2.75, 3.05) is 20.7 Å². The van der Waals surface area contributed by atoms with Gasteiger partial charge in [0.25, 0.3) is 0 Å². The molecule has 1 aromatic carbocycles. The molecule has 2 rings (SSSR count). The van der Waals surface area contributed by atoms with E-state index in [0.29, 0.717) is 0 Å². The highest BCUT2D eigenvalue weighted by atomic mass is 32.1. The summed E-state index contributed by atoms with van der Waals surface area (Å²) in [5.41, 5.74) is 2.67. The summed E-state index contributed by atoms with van der Waals surface area (Å²) >= 11 is 4.59. The Kier molecular flexibility index (Phi) is 2.70. The smallest absolute Gasteiger partial charge is 0.119 e. The molecule has 1 unspecified atom stereocenters. The average Bonchev–Trinajstić information content (AvgIpc) is 2.23. The molecule has 1 heterocycles. The molecule has 1 atom stereocenters. The normalized spacial score (nSPS) is 21.8. The van der Waals surface area contributed by atoms with Crippen LogP contribution in [0.2, 0.25) is 0 Å². The van der Waals surface area contributed by atoms with Crippen molar-refractivity contribution in [2.24, 2.45) is 0 Å². The molecule has 14 heavy (non-hydrogen) atoms. The van der Waals surface area contributed by atoms with Crippen molar-refractivity contribution in [1.82, 2.24) is 4.90 Å². The van der Waals surface area contributed by atoms with Crippen LogP contribution >= 0.6 is 12.6 Å². The lowest BCUT2D eigenvalue weighted by Crippen LogP contribution is -2.29. The minimum atomic E-state index is 0.203. The summed E-state index contributed by atoms with van der Waals surface area (Å²) < 4.78 is 5.21. The van der Waals surface area contributed by atoms with E-state index in [1.165, 1.54) is 11.1 Å². The van der Waals surface area contributed by atoms with E-state index in [-0.39, 0.29) is 5.37 Å². The molecule has 0 amide bonds. The number of methoxy groups -OCH3 is 1. The van der Waals surface area contributed by atoms with E-state index in [2.05, 4.69) is 36.7 Å². The topological polar surface area (TPSA) is 12.5 Å². The molecule has 3 heteroatoms. The van der Waals surface area contributed by atoms with Gasteiger partial charge in [-0.3, -0.25) is 4.90 Å². The molecule has 0 aliphatic carbocycles. The summed E-state index contributed by atoms with van der Waals surface area (Å²) in [6.45, 7) is 1.08. The molecular formula is C11H15NOS. The monoisotopic (exact) mass is 209 g/mol. The van der Waals surface area contributed by atoms with E-state index in [1.54, 1.807) is 7.11 Å². The maximum atomic E-state index is 5.21. The second-order valence-corrected chi connectivity index (χ2v) is 4.16. The summed E-state index contributed by atoms with van der Waals surface area (Å²) in [5, 5.41) is 0.203. The Morgan fingerprint density at radius 2 is 2.29 bits per heavy atom. The van der Waals surface area contributed by atoms with Crippen LogP contribution in [0.4, 0.5) is 0 Å².